The van der Waals surface area contributed by atoms with Gasteiger partial charge >= 0.3 is 0 Å². The Morgan fingerprint density at radius 2 is 1.65 bits per heavy atom. The standard InChI is InChI=1S/C15H13ClF2O2/c1-19-10-4-6-12(14(8-10)20-2)15(16)11-5-3-9(17)7-13(11)18/h3-8,15H,1-2H3. The van der Waals surface area contributed by atoms with Gasteiger partial charge in [-0.25, -0.2) is 8.78 Å². The molecule has 2 aromatic rings. The number of hydrogen-bond acceptors (Lipinski definition) is 2. The minimum Gasteiger partial charge on any atom is -0.497 e. The Bertz CT molecular complexity index is 617. The van der Waals surface area contributed by atoms with Crippen LogP contribution in [0, 0.1) is 11.6 Å². The van der Waals surface area contributed by atoms with E-state index in [1.807, 2.05) is 0 Å². The van der Waals surface area contributed by atoms with E-state index in [1.165, 1.54) is 26.4 Å². The lowest BCUT2D eigenvalue weighted by molar-refractivity contribution is 0.391. The molecule has 1 unspecified atom stereocenters. The van der Waals surface area contributed by atoms with Gasteiger partial charge in [-0.05, 0) is 18.2 Å². The molecule has 0 N–H and O–H groups in total. The van der Waals surface area contributed by atoms with Gasteiger partial charge in [-0.15, -0.1) is 11.6 Å². The maximum Gasteiger partial charge on any atom is 0.131 e. The first-order valence-corrected chi connectivity index (χ1v) is 6.31. The van der Waals surface area contributed by atoms with Crippen LogP contribution < -0.4 is 9.47 Å². The summed E-state index contributed by atoms with van der Waals surface area (Å²) in [5.74, 6) is -0.248. The van der Waals surface area contributed by atoms with Gasteiger partial charge in [0.15, 0.2) is 0 Å². The highest BCUT2D eigenvalue weighted by Gasteiger charge is 2.20. The molecule has 1 atom stereocenters. The van der Waals surface area contributed by atoms with Crippen LogP contribution in [0.1, 0.15) is 16.5 Å². The monoisotopic (exact) mass is 298 g/mol. The van der Waals surface area contributed by atoms with E-state index in [-0.39, 0.29) is 5.56 Å². The van der Waals surface area contributed by atoms with Crippen molar-refractivity contribution in [2.24, 2.45) is 0 Å². The van der Waals surface area contributed by atoms with E-state index >= 15 is 0 Å². The van der Waals surface area contributed by atoms with Gasteiger partial charge in [-0.2, -0.15) is 0 Å². The number of hydrogen-bond donors (Lipinski definition) is 0. The summed E-state index contributed by atoms with van der Waals surface area (Å²) in [5.41, 5.74) is 0.775. The third kappa shape index (κ3) is 2.85. The highest BCUT2D eigenvalue weighted by atomic mass is 35.5. The summed E-state index contributed by atoms with van der Waals surface area (Å²) in [6.07, 6.45) is 0. The maximum atomic E-state index is 13.8. The molecule has 2 aromatic carbocycles. The Morgan fingerprint density at radius 1 is 0.950 bits per heavy atom. The number of halogens is 3. The number of ether oxygens (including phenoxy) is 2. The van der Waals surface area contributed by atoms with Crippen molar-refractivity contribution in [3.8, 4) is 11.5 Å². The summed E-state index contributed by atoms with van der Waals surface area (Å²) in [5, 5.41) is -0.781. The Morgan fingerprint density at radius 3 is 2.25 bits per heavy atom. The van der Waals surface area contributed by atoms with E-state index in [1.54, 1.807) is 18.2 Å². The summed E-state index contributed by atoms with van der Waals surface area (Å²) in [6, 6.07) is 8.36. The first-order valence-electron chi connectivity index (χ1n) is 5.87. The molecule has 106 valence electrons. The molecule has 0 heterocycles. The van der Waals surface area contributed by atoms with Crippen molar-refractivity contribution in [3.05, 3.63) is 59.2 Å². The predicted octanol–water partition coefficient (Wildman–Crippen LogP) is 4.31. The fraction of sp³-hybridized carbons (Fsp3) is 0.200. The van der Waals surface area contributed by atoms with Crippen LogP contribution in [-0.4, -0.2) is 14.2 Å². The molecule has 20 heavy (non-hydrogen) atoms. The Balaban J connectivity index is 2.44. The molecule has 0 bridgehead atoms. The molecule has 0 aliphatic heterocycles. The average molecular weight is 299 g/mol. The van der Waals surface area contributed by atoms with Crippen molar-refractivity contribution < 1.29 is 18.3 Å². The molecular weight excluding hydrogens is 286 g/mol. The lowest BCUT2D eigenvalue weighted by atomic mass is 10.0. The molecule has 2 rings (SSSR count). The van der Waals surface area contributed by atoms with Gasteiger partial charge in [0.05, 0.1) is 19.6 Å². The van der Waals surface area contributed by atoms with Gasteiger partial charge in [-0.3, -0.25) is 0 Å². The fourth-order valence-corrected chi connectivity index (χ4v) is 2.26. The summed E-state index contributed by atoms with van der Waals surface area (Å²) in [6.45, 7) is 0. The smallest absolute Gasteiger partial charge is 0.131 e. The predicted molar refractivity (Wildman–Crippen MR) is 73.6 cm³/mol. The molecule has 0 aromatic heterocycles. The number of benzene rings is 2. The van der Waals surface area contributed by atoms with E-state index in [0.29, 0.717) is 17.1 Å². The molecular formula is C15H13ClF2O2. The van der Waals surface area contributed by atoms with Crippen LogP contribution in [0.2, 0.25) is 0 Å². The lowest BCUT2D eigenvalue weighted by Gasteiger charge is -2.16. The molecule has 5 heteroatoms. The molecule has 2 nitrogen and oxygen atoms in total. The number of methoxy groups -OCH3 is 2. The van der Waals surface area contributed by atoms with Crippen molar-refractivity contribution in [1.82, 2.24) is 0 Å². The lowest BCUT2D eigenvalue weighted by Crippen LogP contribution is -2.01. The third-order valence-corrected chi connectivity index (χ3v) is 3.42. The van der Waals surface area contributed by atoms with Gasteiger partial charge in [-0.1, -0.05) is 6.07 Å². The van der Waals surface area contributed by atoms with E-state index < -0.39 is 17.0 Å². The molecule has 0 aliphatic rings. The molecule has 0 fully saturated rings. The molecule has 0 saturated heterocycles. The van der Waals surface area contributed by atoms with Crippen LogP contribution in [-0.2, 0) is 0 Å². The third-order valence-electron chi connectivity index (χ3n) is 2.95. The molecule has 0 saturated carbocycles. The SMILES string of the molecule is COc1ccc(C(Cl)c2ccc(F)cc2F)c(OC)c1. The minimum atomic E-state index is -0.781. The zero-order valence-electron chi connectivity index (χ0n) is 11.0. The summed E-state index contributed by atoms with van der Waals surface area (Å²) >= 11 is 6.29. The zero-order chi connectivity index (χ0) is 14.7. The highest BCUT2D eigenvalue weighted by Crippen LogP contribution is 2.38. The summed E-state index contributed by atoms with van der Waals surface area (Å²) in [7, 11) is 3.02. The second-order valence-electron chi connectivity index (χ2n) is 4.14. The van der Waals surface area contributed by atoms with Crippen molar-refractivity contribution >= 4 is 11.6 Å². The Kier molecular flexibility index (Phi) is 4.45. The topological polar surface area (TPSA) is 18.5 Å². The maximum absolute atomic E-state index is 13.8. The number of alkyl halides is 1. The molecule has 0 aliphatic carbocycles. The molecule has 0 spiro atoms. The normalized spacial score (nSPS) is 12.1. The van der Waals surface area contributed by atoms with Crippen molar-refractivity contribution in [1.29, 1.82) is 0 Å². The Hall–Kier alpha value is -1.81. The number of rotatable bonds is 4. The van der Waals surface area contributed by atoms with Crippen LogP contribution in [0.25, 0.3) is 0 Å². The second kappa shape index (κ2) is 6.09. The van der Waals surface area contributed by atoms with E-state index in [9.17, 15) is 8.78 Å². The van der Waals surface area contributed by atoms with Gasteiger partial charge in [0.25, 0.3) is 0 Å². The first-order chi connectivity index (χ1) is 9.56. The van der Waals surface area contributed by atoms with Gasteiger partial charge in [0.2, 0.25) is 0 Å². The van der Waals surface area contributed by atoms with Gasteiger partial charge in [0, 0.05) is 23.3 Å². The zero-order valence-corrected chi connectivity index (χ0v) is 11.7. The first kappa shape index (κ1) is 14.6. The van der Waals surface area contributed by atoms with E-state index in [4.69, 9.17) is 21.1 Å². The average Bonchev–Trinajstić information content (AvgIpc) is 2.46. The van der Waals surface area contributed by atoms with Crippen molar-refractivity contribution in [2.45, 2.75) is 5.38 Å². The van der Waals surface area contributed by atoms with E-state index in [2.05, 4.69) is 0 Å². The van der Waals surface area contributed by atoms with Crippen molar-refractivity contribution in [2.75, 3.05) is 14.2 Å². The second-order valence-corrected chi connectivity index (χ2v) is 4.57. The van der Waals surface area contributed by atoms with Crippen LogP contribution >= 0.6 is 11.6 Å². The van der Waals surface area contributed by atoms with Crippen LogP contribution in [0.5, 0.6) is 11.5 Å². The fourth-order valence-electron chi connectivity index (χ4n) is 1.90. The summed E-state index contributed by atoms with van der Waals surface area (Å²) in [4.78, 5) is 0. The minimum absolute atomic E-state index is 0.191. The summed E-state index contributed by atoms with van der Waals surface area (Å²) < 4.78 is 37.0. The van der Waals surface area contributed by atoms with Gasteiger partial charge in [0.1, 0.15) is 23.1 Å². The Labute approximate surface area is 120 Å². The molecule has 0 radical (unpaired) electrons. The van der Waals surface area contributed by atoms with Crippen molar-refractivity contribution in [3.63, 3.8) is 0 Å². The van der Waals surface area contributed by atoms with Gasteiger partial charge < -0.3 is 9.47 Å². The van der Waals surface area contributed by atoms with Crippen LogP contribution in [0.4, 0.5) is 8.78 Å². The molecule has 0 amide bonds. The van der Waals surface area contributed by atoms with Crippen LogP contribution in [0.15, 0.2) is 36.4 Å². The largest absolute Gasteiger partial charge is 0.497 e. The van der Waals surface area contributed by atoms with Crippen LogP contribution in [0.3, 0.4) is 0 Å². The van der Waals surface area contributed by atoms with E-state index in [0.717, 1.165) is 6.07 Å². The quantitative estimate of drug-likeness (QED) is 0.783. The highest BCUT2D eigenvalue weighted by molar-refractivity contribution is 6.22.